The summed E-state index contributed by atoms with van der Waals surface area (Å²) in [7, 11) is 0. The van der Waals surface area contributed by atoms with E-state index >= 15 is 0 Å². The van der Waals surface area contributed by atoms with Crippen LogP contribution in [0.5, 0.6) is 0 Å². The molecule has 0 fully saturated rings. The molecule has 2 rings (SSSR count). The van der Waals surface area contributed by atoms with E-state index in [9.17, 15) is 0 Å². The minimum absolute atomic E-state index is 0.250. The molecule has 5 nitrogen and oxygen atoms in total. The van der Waals surface area contributed by atoms with Gasteiger partial charge in [0.1, 0.15) is 0 Å². The molecule has 2 aromatic rings. The fourth-order valence-corrected chi connectivity index (χ4v) is 1.02. The van der Waals surface area contributed by atoms with E-state index in [1.54, 1.807) is 31.2 Å². The number of aliphatic hydroxyl groups is 1. The highest BCUT2D eigenvalue weighted by atomic mass is 16.2. The molecule has 19 heavy (non-hydrogen) atoms. The Kier molecular flexibility index (Phi) is 8.40. The number of hydrogen-bond acceptors (Lipinski definition) is 5. The van der Waals surface area contributed by atoms with Gasteiger partial charge in [-0.15, -0.1) is 0 Å². The molecule has 0 aliphatic rings. The minimum Gasteiger partial charge on any atom is -0.397 e. The number of nitrogens with two attached hydrogens (primary N) is 4. The molecule has 2 aromatic carbocycles. The average Bonchev–Trinajstić information content (AvgIpc) is 2.38. The van der Waals surface area contributed by atoms with Crippen LogP contribution < -0.4 is 22.9 Å². The quantitative estimate of drug-likeness (QED) is 0.462. The van der Waals surface area contributed by atoms with Crippen molar-refractivity contribution in [2.75, 3.05) is 29.5 Å². The number of rotatable bonds is 0. The van der Waals surface area contributed by atoms with E-state index in [4.69, 9.17) is 28.0 Å². The van der Waals surface area contributed by atoms with Crippen LogP contribution in [-0.4, -0.2) is 11.7 Å². The molecular formula is C14H22N4O. The highest BCUT2D eigenvalue weighted by Crippen LogP contribution is 2.11. The van der Waals surface area contributed by atoms with Crippen LogP contribution in [0.25, 0.3) is 0 Å². The highest BCUT2D eigenvalue weighted by molar-refractivity contribution is 5.62. The van der Waals surface area contributed by atoms with Gasteiger partial charge in [0.2, 0.25) is 0 Å². The first kappa shape index (κ1) is 16.6. The smallest absolute Gasteiger partial charge is 0.0547 e. The molecule has 0 amide bonds. The average molecular weight is 262 g/mol. The Morgan fingerprint density at radius 1 is 0.684 bits per heavy atom. The zero-order chi connectivity index (χ0) is 14.7. The van der Waals surface area contributed by atoms with E-state index in [0.717, 1.165) is 0 Å². The number of aliphatic hydroxyl groups excluding tert-OH is 1. The lowest BCUT2D eigenvalue weighted by Gasteiger charge is -1.94. The molecule has 0 radical (unpaired) electrons. The van der Waals surface area contributed by atoms with Gasteiger partial charge in [0.15, 0.2) is 0 Å². The molecule has 0 aromatic heterocycles. The Hall–Kier alpha value is -2.40. The molecule has 0 aliphatic carbocycles. The van der Waals surface area contributed by atoms with Gasteiger partial charge in [-0.3, -0.25) is 0 Å². The van der Waals surface area contributed by atoms with Crippen molar-refractivity contribution < 1.29 is 5.11 Å². The molecule has 0 saturated heterocycles. The van der Waals surface area contributed by atoms with Crippen LogP contribution in [-0.2, 0) is 0 Å². The third kappa shape index (κ3) is 7.51. The first-order valence-electron chi connectivity index (χ1n) is 5.83. The summed E-state index contributed by atoms with van der Waals surface area (Å²) in [5, 5.41) is 7.57. The van der Waals surface area contributed by atoms with Crippen molar-refractivity contribution in [3.8, 4) is 0 Å². The zero-order valence-electron chi connectivity index (χ0n) is 11.1. The Morgan fingerprint density at radius 2 is 0.842 bits per heavy atom. The van der Waals surface area contributed by atoms with Gasteiger partial charge < -0.3 is 28.0 Å². The lowest BCUT2D eigenvalue weighted by atomic mass is 10.3. The summed E-state index contributed by atoms with van der Waals surface area (Å²) in [6.45, 7) is 1.93. The van der Waals surface area contributed by atoms with Gasteiger partial charge in [0.05, 0.1) is 22.7 Å². The van der Waals surface area contributed by atoms with Crippen molar-refractivity contribution in [3.63, 3.8) is 0 Å². The summed E-state index contributed by atoms with van der Waals surface area (Å²) >= 11 is 0. The van der Waals surface area contributed by atoms with E-state index in [1.165, 1.54) is 0 Å². The van der Waals surface area contributed by atoms with E-state index in [2.05, 4.69) is 0 Å². The molecule has 5 heteroatoms. The van der Waals surface area contributed by atoms with Crippen LogP contribution in [0.3, 0.4) is 0 Å². The summed E-state index contributed by atoms with van der Waals surface area (Å²) in [5.74, 6) is 0. The second kappa shape index (κ2) is 9.61. The van der Waals surface area contributed by atoms with Crippen molar-refractivity contribution in [1.82, 2.24) is 0 Å². The third-order valence-electron chi connectivity index (χ3n) is 1.99. The summed E-state index contributed by atoms with van der Waals surface area (Å²) in [6.07, 6.45) is 0. The van der Waals surface area contributed by atoms with Gasteiger partial charge in [0.25, 0.3) is 0 Å². The predicted molar refractivity (Wildman–Crippen MR) is 83.3 cm³/mol. The number of nitrogen functional groups attached to an aromatic ring is 4. The topological polar surface area (TPSA) is 124 Å². The number of hydrogen-bond donors (Lipinski definition) is 5. The lowest BCUT2D eigenvalue weighted by Crippen LogP contribution is -1.91. The first-order chi connectivity index (χ1) is 9.02. The Bertz CT molecular complexity index is 389. The number of benzene rings is 2. The third-order valence-corrected chi connectivity index (χ3v) is 1.99. The zero-order valence-corrected chi connectivity index (χ0v) is 11.1. The van der Waals surface area contributed by atoms with E-state index in [0.29, 0.717) is 22.7 Å². The van der Waals surface area contributed by atoms with Crippen LogP contribution in [0.1, 0.15) is 6.92 Å². The van der Waals surface area contributed by atoms with Crippen LogP contribution in [0.2, 0.25) is 0 Å². The van der Waals surface area contributed by atoms with Gasteiger partial charge in [-0.1, -0.05) is 24.3 Å². The first-order valence-corrected chi connectivity index (χ1v) is 5.83. The van der Waals surface area contributed by atoms with Crippen LogP contribution in [0, 0.1) is 0 Å². The van der Waals surface area contributed by atoms with E-state index < -0.39 is 0 Å². The van der Waals surface area contributed by atoms with Crippen LogP contribution in [0.15, 0.2) is 48.5 Å². The maximum absolute atomic E-state index is 7.57. The molecule has 0 unspecified atom stereocenters. The van der Waals surface area contributed by atoms with Gasteiger partial charge in [-0.2, -0.15) is 0 Å². The van der Waals surface area contributed by atoms with Gasteiger partial charge in [-0.05, 0) is 31.2 Å². The molecule has 0 aliphatic heterocycles. The van der Waals surface area contributed by atoms with Crippen molar-refractivity contribution in [2.24, 2.45) is 0 Å². The van der Waals surface area contributed by atoms with Crippen LogP contribution >= 0.6 is 0 Å². The number of para-hydroxylation sites is 4. The van der Waals surface area contributed by atoms with Gasteiger partial charge in [0, 0.05) is 6.61 Å². The standard InChI is InChI=1S/2C6H8N2.C2H6O/c2*7-5-3-1-2-4-6(5)8;1-2-3/h2*1-4H,7-8H2;3H,2H2,1H3. The normalized spacial score (nSPS) is 8.53. The number of anilines is 4. The molecule has 0 spiro atoms. The van der Waals surface area contributed by atoms with Crippen molar-refractivity contribution in [2.45, 2.75) is 6.92 Å². The summed E-state index contributed by atoms with van der Waals surface area (Å²) in [6, 6.07) is 14.5. The molecule has 104 valence electrons. The van der Waals surface area contributed by atoms with Crippen molar-refractivity contribution in [1.29, 1.82) is 0 Å². The maximum atomic E-state index is 7.57. The lowest BCUT2D eigenvalue weighted by molar-refractivity contribution is 0.318. The SMILES string of the molecule is CCO.Nc1ccccc1N.Nc1ccccc1N. The minimum atomic E-state index is 0.250. The second-order valence-corrected chi connectivity index (χ2v) is 3.57. The molecule has 0 bridgehead atoms. The second-order valence-electron chi connectivity index (χ2n) is 3.57. The molecule has 0 atom stereocenters. The van der Waals surface area contributed by atoms with Gasteiger partial charge >= 0.3 is 0 Å². The van der Waals surface area contributed by atoms with Crippen molar-refractivity contribution in [3.05, 3.63) is 48.5 Å². The van der Waals surface area contributed by atoms with Gasteiger partial charge in [-0.25, -0.2) is 0 Å². The van der Waals surface area contributed by atoms with E-state index in [1.807, 2.05) is 24.3 Å². The monoisotopic (exact) mass is 262 g/mol. The predicted octanol–water partition coefficient (Wildman–Crippen LogP) is 1.70. The Balaban J connectivity index is 0.000000284. The molecule has 0 heterocycles. The largest absolute Gasteiger partial charge is 0.397 e. The van der Waals surface area contributed by atoms with Crippen molar-refractivity contribution >= 4 is 22.7 Å². The summed E-state index contributed by atoms with van der Waals surface area (Å²) in [4.78, 5) is 0. The summed E-state index contributed by atoms with van der Waals surface area (Å²) < 4.78 is 0. The summed E-state index contributed by atoms with van der Waals surface area (Å²) in [5.41, 5.74) is 24.2. The fourth-order valence-electron chi connectivity index (χ4n) is 1.02. The molecule has 9 N–H and O–H groups in total. The fraction of sp³-hybridized carbons (Fsp3) is 0.143. The Labute approximate surface area is 113 Å². The molecule has 0 saturated carbocycles. The maximum Gasteiger partial charge on any atom is 0.0547 e. The van der Waals surface area contributed by atoms with E-state index in [-0.39, 0.29) is 6.61 Å². The highest BCUT2D eigenvalue weighted by Gasteiger charge is 1.85. The van der Waals surface area contributed by atoms with Crippen LogP contribution in [0.4, 0.5) is 22.7 Å². The Morgan fingerprint density at radius 3 is 0.947 bits per heavy atom. The molecular weight excluding hydrogens is 240 g/mol.